The number of hydrogen-bond acceptors (Lipinski definition) is 4. The zero-order valence-corrected chi connectivity index (χ0v) is 17.5. The van der Waals surface area contributed by atoms with Gasteiger partial charge in [0.2, 0.25) is 0 Å². The smallest absolute Gasteiger partial charge is 0.161 e. The molecule has 0 radical (unpaired) electrons. The number of imidazole rings is 1. The topological polar surface area (TPSA) is 61.8 Å². The minimum absolute atomic E-state index is 0.364. The Balaban J connectivity index is 1.92. The molecule has 0 saturated heterocycles. The summed E-state index contributed by atoms with van der Waals surface area (Å²) in [6.45, 7) is 0.364. The lowest BCUT2D eigenvalue weighted by Gasteiger charge is -2.13. The Hall–Kier alpha value is -2.73. The van der Waals surface area contributed by atoms with Gasteiger partial charge in [-0.15, -0.1) is 0 Å². The monoisotopic (exact) mass is 427 g/mol. The van der Waals surface area contributed by atoms with Crippen molar-refractivity contribution in [2.75, 3.05) is 14.2 Å². The van der Waals surface area contributed by atoms with Gasteiger partial charge >= 0.3 is 0 Å². The van der Waals surface area contributed by atoms with Gasteiger partial charge in [0.25, 0.3) is 0 Å². The molecule has 2 aromatic carbocycles. The van der Waals surface area contributed by atoms with Crippen molar-refractivity contribution in [3.63, 3.8) is 0 Å². The fraction of sp³-hybridized carbons (Fsp3) is 0.136. The zero-order chi connectivity index (χ0) is 20.5. The van der Waals surface area contributed by atoms with E-state index in [9.17, 15) is 0 Å². The number of rotatable bonds is 5. The summed E-state index contributed by atoms with van der Waals surface area (Å²) in [6.07, 6.45) is 3.83. The van der Waals surface area contributed by atoms with E-state index in [2.05, 4.69) is 4.98 Å². The van der Waals surface area contributed by atoms with Crippen LogP contribution in [0.2, 0.25) is 10.0 Å². The van der Waals surface area contributed by atoms with Crippen LogP contribution in [0.4, 0.5) is 0 Å². The summed E-state index contributed by atoms with van der Waals surface area (Å²) in [4.78, 5) is 4.55. The van der Waals surface area contributed by atoms with Crippen LogP contribution in [0, 0.1) is 0 Å². The number of fused-ring (bicyclic) bond motifs is 1. The lowest BCUT2D eigenvalue weighted by Crippen LogP contribution is -2.02. The second-order valence-electron chi connectivity index (χ2n) is 6.48. The van der Waals surface area contributed by atoms with Crippen molar-refractivity contribution < 1.29 is 9.47 Å². The highest BCUT2D eigenvalue weighted by Gasteiger charge is 2.15. The van der Waals surface area contributed by atoms with Crippen LogP contribution in [0.5, 0.6) is 11.5 Å². The van der Waals surface area contributed by atoms with Crippen molar-refractivity contribution >= 4 is 28.8 Å². The number of methoxy groups -OCH3 is 2. The van der Waals surface area contributed by atoms with Crippen molar-refractivity contribution in [3.8, 4) is 33.9 Å². The third-order valence-electron chi connectivity index (χ3n) is 4.85. The van der Waals surface area contributed by atoms with E-state index in [0.717, 1.165) is 33.6 Å². The summed E-state index contributed by atoms with van der Waals surface area (Å²) >= 11 is 12.5. The minimum Gasteiger partial charge on any atom is -0.493 e. The first-order chi connectivity index (χ1) is 14.0. The van der Waals surface area contributed by atoms with Gasteiger partial charge < -0.3 is 15.2 Å². The highest BCUT2D eigenvalue weighted by molar-refractivity contribution is 6.36. The van der Waals surface area contributed by atoms with Crippen LogP contribution < -0.4 is 15.2 Å². The molecule has 4 rings (SSSR count). The molecule has 4 aromatic rings. The third kappa shape index (κ3) is 3.53. The Morgan fingerprint density at radius 3 is 2.45 bits per heavy atom. The molecule has 0 bridgehead atoms. The van der Waals surface area contributed by atoms with Gasteiger partial charge in [-0.05, 0) is 42.0 Å². The number of halogens is 2. The van der Waals surface area contributed by atoms with Gasteiger partial charge in [-0.3, -0.25) is 4.40 Å². The van der Waals surface area contributed by atoms with Crippen LogP contribution in [0.1, 0.15) is 5.56 Å². The van der Waals surface area contributed by atoms with Crippen molar-refractivity contribution in [3.05, 3.63) is 70.5 Å². The highest BCUT2D eigenvalue weighted by Crippen LogP contribution is 2.36. The van der Waals surface area contributed by atoms with Gasteiger partial charge in [0, 0.05) is 39.5 Å². The molecule has 0 amide bonds. The van der Waals surface area contributed by atoms with Gasteiger partial charge in [0.15, 0.2) is 11.5 Å². The normalized spacial score (nSPS) is 11.1. The standard InChI is InChI=1S/C22H19Cl2N3O2/c1-28-20-6-3-13(7-21(20)29-2)19-11-26-22-8-14(10-25)17(12-27(19)22)16-5-4-15(23)9-18(16)24/h3-9,11-12H,10,25H2,1-2H3. The second kappa shape index (κ2) is 7.95. The summed E-state index contributed by atoms with van der Waals surface area (Å²) in [5.74, 6) is 1.32. The van der Waals surface area contributed by atoms with Crippen LogP contribution in [0.3, 0.4) is 0 Å². The molecule has 0 aliphatic rings. The second-order valence-corrected chi connectivity index (χ2v) is 7.33. The van der Waals surface area contributed by atoms with Gasteiger partial charge in [-0.1, -0.05) is 29.3 Å². The predicted molar refractivity (Wildman–Crippen MR) is 117 cm³/mol. The number of nitrogens with zero attached hydrogens (tertiary/aromatic N) is 2. The van der Waals surface area contributed by atoms with E-state index in [0.29, 0.717) is 28.1 Å². The van der Waals surface area contributed by atoms with E-state index < -0.39 is 0 Å². The van der Waals surface area contributed by atoms with Crippen LogP contribution in [-0.2, 0) is 6.54 Å². The minimum atomic E-state index is 0.364. The molecule has 0 unspecified atom stereocenters. The molecule has 2 heterocycles. The molecule has 0 aliphatic heterocycles. The Labute approximate surface area is 178 Å². The number of hydrogen-bond donors (Lipinski definition) is 1. The molecule has 0 atom stereocenters. The molecular weight excluding hydrogens is 409 g/mol. The number of benzene rings is 2. The van der Waals surface area contributed by atoms with E-state index in [1.807, 2.05) is 53.2 Å². The molecule has 7 heteroatoms. The lowest BCUT2D eigenvalue weighted by atomic mass is 10.0. The summed E-state index contributed by atoms with van der Waals surface area (Å²) in [5, 5.41) is 1.15. The molecule has 0 aliphatic carbocycles. The molecule has 0 spiro atoms. The third-order valence-corrected chi connectivity index (χ3v) is 5.40. The Kier molecular flexibility index (Phi) is 5.37. The molecule has 29 heavy (non-hydrogen) atoms. The average Bonchev–Trinajstić information content (AvgIpc) is 3.15. The van der Waals surface area contributed by atoms with E-state index in [1.165, 1.54) is 0 Å². The number of ether oxygens (including phenoxy) is 2. The summed E-state index contributed by atoms with van der Waals surface area (Å²) in [7, 11) is 3.23. The van der Waals surface area contributed by atoms with E-state index >= 15 is 0 Å². The van der Waals surface area contributed by atoms with Crippen LogP contribution in [0.15, 0.2) is 54.9 Å². The van der Waals surface area contributed by atoms with Gasteiger partial charge in [0.1, 0.15) is 5.65 Å². The molecule has 2 aromatic heterocycles. The summed E-state index contributed by atoms with van der Waals surface area (Å²) in [6, 6.07) is 13.2. The Morgan fingerprint density at radius 2 is 1.76 bits per heavy atom. The average molecular weight is 428 g/mol. The SMILES string of the molecule is COc1ccc(-c2cnc3cc(CN)c(-c4ccc(Cl)cc4Cl)cn23)cc1OC. The highest BCUT2D eigenvalue weighted by atomic mass is 35.5. The van der Waals surface area contributed by atoms with Crippen molar-refractivity contribution in [2.45, 2.75) is 6.54 Å². The molecule has 0 fully saturated rings. The fourth-order valence-corrected chi connectivity index (χ4v) is 3.90. The zero-order valence-electron chi connectivity index (χ0n) is 15.9. The first-order valence-electron chi connectivity index (χ1n) is 8.93. The van der Waals surface area contributed by atoms with Crippen molar-refractivity contribution in [2.24, 2.45) is 5.73 Å². The van der Waals surface area contributed by atoms with Crippen LogP contribution in [-0.4, -0.2) is 23.6 Å². The number of pyridine rings is 1. The van der Waals surface area contributed by atoms with Crippen molar-refractivity contribution in [1.82, 2.24) is 9.38 Å². The maximum absolute atomic E-state index is 6.47. The van der Waals surface area contributed by atoms with E-state index in [-0.39, 0.29) is 0 Å². The summed E-state index contributed by atoms with van der Waals surface area (Å²) < 4.78 is 12.8. The van der Waals surface area contributed by atoms with Gasteiger partial charge in [-0.25, -0.2) is 4.98 Å². The van der Waals surface area contributed by atoms with Gasteiger partial charge in [-0.2, -0.15) is 0 Å². The maximum atomic E-state index is 6.47. The largest absolute Gasteiger partial charge is 0.493 e. The van der Waals surface area contributed by atoms with Crippen molar-refractivity contribution in [1.29, 1.82) is 0 Å². The number of aromatic nitrogens is 2. The quantitative estimate of drug-likeness (QED) is 0.459. The molecule has 148 valence electrons. The van der Waals surface area contributed by atoms with Crippen LogP contribution in [0.25, 0.3) is 28.0 Å². The van der Waals surface area contributed by atoms with E-state index in [4.69, 9.17) is 38.4 Å². The molecule has 2 N–H and O–H groups in total. The molecule has 5 nitrogen and oxygen atoms in total. The fourth-order valence-electron chi connectivity index (χ4n) is 3.39. The Morgan fingerprint density at radius 1 is 0.966 bits per heavy atom. The first kappa shape index (κ1) is 19.6. The first-order valence-corrected chi connectivity index (χ1v) is 9.69. The van der Waals surface area contributed by atoms with Gasteiger partial charge in [0.05, 0.1) is 26.1 Å². The maximum Gasteiger partial charge on any atom is 0.161 e. The summed E-state index contributed by atoms with van der Waals surface area (Å²) in [5.41, 5.74) is 11.4. The Bertz CT molecular complexity index is 1200. The van der Waals surface area contributed by atoms with Crippen LogP contribution >= 0.6 is 23.2 Å². The van der Waals surface area contributed by atoms with E-state index in [1.54, 1.807) is 20.3 Å². The lowest BCUT2D eigenvalue weighted by molar-refractivity contribution is 0.355. The molecular formula is C22H19Cl2N3O2. The molecule has 0 saturated carbocycles. The predicted octanol–water partition coefficient (Wildman–Crippen LogP) is 5.45. The number of nitrogens with two attached hydrogens (primary N) is 1.